The summed E-state index contributed by atoms with van der Waals surface area (Å²) >= 11 is 5.67. The Labute approximate surface area is 265 Å². The highest BCUT2D eigenvalue weighted by Crippen LogP contribution is 2.39. The van der Waals surface area contributed by atoms with E-state index in [4.69, 9.17) is 27.1 Å². The maximum absolute atomic E-state index is 14.4. The molecule has 0 aromatic heterocycles. The minimum Gasteiger partial charge on any atom is -0.497 e. The van der Waals surface area contributed by atoms with E-state index in [1.54, 1.807) is 62.4 Å². The number of nitrogens with zero attached hydrogens (tertiary/aromatic N) is 4. The van der Waals surface area contributed by atoms with Gasteiger partial charge in [-0.1, -0.05) is 24.3 Å². The summed E-state index contributed by atoms with van der Waals surface area (Å²) in [7, 11) is -1.17. The normalized spacial score (nSPS) is 15.7. The smallest absolute Gasteiger partial charge is 0.417 e. The van der Waals surface area contributed by atoms with Gasteiger partial charge in [-0.15, -0.1) is 0 Å². The Hall–Kier alpha value is -4.19. The molecule has 14 heteroatoms. The van der Waals surface area contributed by atoms with Gasteiger partial charge in [-0.2, -0.15) is 22.7 Å². The van der Waals surface area contributed by atoms with Gasteiger partial charge in [0.05, 0.1) is 42.6 Å². The third-order valence-electron chi connectivity index (χ3n) is 7.68. The lowest BCUT2D eigenvalue weighted by Crippen LogP contribution is -2.54. The molecular weight excluding hydrogens is 628 g/mol. The lowest BCUT2D eigenvalue weighted by molar-refractivity contribution is -0.137. The van der Waals surface area contributed by atoms with Crippen LogP contribution in [0, 0.1) is 16.7 Å². The summed E-state index contributed by atoms with van der Waals surface area (Å²) < 4.78 is 81.9. The van der Waals surface area contributed by atoms with Crippen molar-refractivity contribution in [2.24, 2.45) is 0 Å². The number of alkyl halides is 3. The second-order valence-electron chi connectivity index (χ2n) is 10.8. The van der Waals surface area contributed by atoms with E-state index in [-0.39, 0.29) is 29.7 Å². The molecule has 1 aliphatic rings. The molecule has 0 aliphatic carbocycles. The quantitative estimate of drug-likeness (QED) is 0.259. The Morgan fingerprint density at radius 2 is 1.47 bits per heavy atom. The number of hydrogen-bond donors (Lipinski definition) is 1. The van der Waals surface area contributed by atoms with E-state index < -0.39 is 38.2 Å². The van der Waals surface area contributed by atoms with Crippen molar-refractivity contribution >= 4 is 38.9 Å². The van der Waals surface area contributed by atoms with E-state index >= 15 is 0 Å². The Kier molecular flexibility index (Phi) is 9.48. The average molecular weight is 660 g/mol. The summed E-state index contributed by atoms with van der Waals surface area (Å²) in [5.74, 6) is 0.996. The molecule has 0 amide bonds. The van der Waals surface area contributed by atoms with Crippen LogP contribution in [0.25, 0.3) is 0 Å². The van der Waals surface area contributed by atoms with E-state index in [1.807, 2.05) is 0 Å². The Morgan fingerprint density at radius 3 is 1.89 bits per heavy atom. The van der Waals surface area contributed by atoms with Crippen molar-refractivity contribution < 1.29 is 31.1 Å². The summed E-state index contributed by atoms with van der Waals surface area (Å²) in [6.07, 6.45) is -4.83. The number of ether oxygens (including phenoxy) is 2. The molecule has 1 fully saturated rings. The van der Waals surface area contributed by atoms with Crippen molar-refractivity contribution in [2.75, 3.05) is 19.1 Å². The number of amidine groups is 1. The number of hydrogen-bond acceptors (Lipinski definition) is 7. The highest BCUT2D eigenvalue weighted by atomic mass is 32.2. The minimum atomic E-state index is -4.83. The summed E-state index contributed by atoms with van der Waals surface area (Å²) in [5, 5.41) is 16.6. The predicted octanol–water partition coefficient (Wildman–Crippen LogP) is 6.14. The van der Waals surface area contributed by atoms with Gasteiger partial charge in [0.1, 0.15) is 22.7 Å². The second kappa shape index (κ2) is 12.7. The van der Waals surface area contributed by atoms with Crippen LogP contribution in [0.2, 0.25) is 0 Å². The Bertz CT molecular complexity index is 1690. The predicted molar refractivity (Wildman–Crippen MR) is 168 cm³/mol. The summed E-state index contributed by atoms with van der Waals surface area (Å²) in [5.41, 5.74) is -1.82. The number of nitriles is 1. The van der Waals surface area contributed by atoms with Gasteiger partial charge in [-0.3, -0.25) is 10.3 Å². The SMILES string of the molecule is COc1ccc(CN(Cc2ccc(OC)cc2)S(=O)(=O)C(C)N2C(=S)N(c3ccc(C#N)c(C(F)(F)F)c3)C(=N)C2(C)C)cc1. The van der Waals surface area contributed by atoms with Crippen LogP contribution in [-0.4, -0.2) is 53.7 Å². The fourth-order valence-corrected chi connectivity index (χ4v) is 7.51. The molecule has 238 valence electrons. The summed E-state index contributed by atoms with van der Waals surface area (Å²) in [6.45, 7) is 4.60. The van der Waals surface area contributed by atoms with Gasteiger partial charge in [0.25, 0.3) is 0 Å². The number of halogens is 3. The van der Waals surface area contributed by atoms with E-state index in [0.29, 0.717) is 22.6 Å². The second-order valence-corrected chi connectivity index (χ2v) is 13.4. The molecule has 1 saturated heterocycles. The molecular formula is C31H32F3N5O4S2. The van der Waals surface area contributed by atoms with Crippen molar-refractivity contribution in [2.45, 2.75) is 50.9 Å². The molecule has 4 rings (SSSR count). The van der Waals surface area contributed by atoms with Crippen LogP contribution < -0.4 is 14.4 Å². The number of anilines is 1. The number of benzene rings is 3. The lowest BCUT2D eigenvalue weighted by Gasteiger charge is -2.38. The van der Waals surface area contributed by atoms with Crippen LogP contribution in [0.3, 0.4) is 0 Å². The summed E-state index contributed by atoms with van der Waals surface area (Å²) in [4.78, 5) is 2.45. The molecule has 3 aromatic carbocycles. The fourth-order valence-electron chi connectivity index (χ4n) is 5.14. The monoisotopic (exact) mass is 659 g/mol. The zero-order valence-corrected chi connectivity index (χ0v) is 26.8. The van der Waals surface area contributed by atoms with Crippen molar-refractivity contribution in [1.29, 1.82) is 10.7 Å². The standard InChI is InChI=1S/C31H32F3N5O4S2/c1-20(39-29(44)38(28(36)30(39,2)3)24-11-10-23(17-35)27(16-24)31(32,33)34)45(40,41)37(18-21-6-12-25(42-4)13-7-21)19-22-8-14-26(43-5)15-9-22/h6-16,20,36H,18-19H2,1-5H3. The van der Waals surface area contributed by atoms with E-state index in [2.05, 4.69) is 0 Å². The van der Waals surface area contributed by atoms with E-state index in [1.165, 1.54) is 42.5 Å². The molecule has 0 saturated carbocycles. The fraction of sp³-hybridized carbons (Fsp3) is 0.323. The van der Waals surface area contributed by atoms with Crippen LogP contribution in [0.15, 0.2) is 66.7 Å². The minimum absolute atomic E-state index is 0.00451. The van der Waals surface area contributed by atoms with Crippen molar-refractivity contribution in [3.63, 3.8) is 0 Å². The largest absolute Gasteiger partial charge is 0.497 e. The van der Waals surface area contributed by atoms with Gasteiger partial charge in [-0.25, -0.2) is 8.42 Å². The third kappa shape index (κ3) is 6.61. The summed E-state index contributed by atoms with van der Waals surface area (Å²) in [6, 6.07) is 18.5. The van der Waals surface area contributed by atoms with Crippen molar-refractivity contribution in [3.05, 3.63) is 89.0 Å². The number of thiocarbonyl (C=S) groups is 1. The molecule has 1 aliphatic heterocycles. The third-order valence-corrected chi connectivity index (χ3v) is 10.1. The van der Waals surface area contributed by atoms with Crippen molar-refractivity contribution in [3.8, 4) is 17.6 Å². The zero-order valence-electron chi connectivity index (χ0n) is 25.2. The van der Waals surface area contributed by atoms with E-state index in [0.717, 1.165) is 17.0 Å². The number of methoxy groups -OCH3 is 2. The molecule has 0 spiro atoms. The van der Waals surface area contributed by atoms with Gasteiger partial charge < -0.3 is 14.4 Å². The number of rotatable bonds is 10. The Balaban J connectivity index is 1.74. The molecule has 1 N–H and O–H groups in total. The van der Waals surface area contributed by atoms with E-state index in [9.17, 15) is 26.9 Å². The van der Waals surface area contributed by atoms with Crippen LogP contribution in [0.4, 0.5) is 18.9 Å². The highest BCUT2D eigenvalue weighted by molar-refractivity contribution is 7.89. The first-order chi connectivity index (χ1) is 21.1. The van der Waals surface area contributed by atoms with Crippen LogP contribution in [-0.2, 0) is 29.3 Å². The molecule has 1 heterocycles. The van der Waals surface area contributed by atoms with Gasteiger partial charge in [0, 0.05) is 13.1 Å². The first-order valence-electron chi connectivity index (χ1n) is 13.6. The molecule has 0 radical (unpaired) electrons. The topological polar surface area (TPSA) is 110 Å². The molecule has 1 atom stereocenters. The van der Waals surface area contributed by atoms with Crippen LogP contribution in [0.5, 0.6) is 11.5 Å². The van der Waals surface area contributed by atoms with Crippen LogP contribution in [0.1, 0.15) is 43.0 Å². The van der Waals surface area contributed by atoms with Crippen molar-refractivity contribution in [1.82, 2.24) is 9.21 Å². The van der Waals surface area contributed by atoms with Gasteiger partial charge in [0.2, 0.25) is 10.0 Å². The number of nitrogens with one attached hydrogen (secondary N) is 1. The maximum atomic E-state index is 14.4. The van der Waals surface area contributed by atoms with Gasteiger partial charge >= 0.3 is 6.18 Å². The average Bonchev–Trinajstić information content (AvgIpc) is 3.18. The first-order valence-corrected chi connectivity index (χ1v) is 15.6. The molecule has 3 aromatic rings. The Morgan fingerprint density at radius 1 is 0.978 bits per heavy atom. The highest BCUT2D eigenvalue weighted by Gasteiger charge is 2.52. The molecule has 0 bridgehead atoms. The van der Waals surface area contributed by atoms with Gasteiger partial charge in [-0.05, 0) is 86.6 Å². The molecule has 9 nitrogen and oxygen atoms in total. The van der Waals surface area contributed by atoms with Crippen LogP contribution >= 0.6 is 12.2 Å². The van der Waals surface area contributed by atoms with Gasteiger partial charge in [0.15, 0.2) is 5.11 Å². The maximum Gasteiger partial charge on any atom is 0.417 e. The lowest BCUT2D eigenvalue weighted by atomic mass is 10.0. The zero-order chi connectivity index (χ0) is 33.3. The number of sulfonamides is 1. The first kappa shape index (κ1) is 33.7. The molecule has 1 unspecified atom stereocenters. The molecule has 45 heavy (non-hydrogen) atoms.